The Balaban J connectivity index is 1.79. The van der Waals surface area contributed by atoms with E-state index >= 15 is 0 Å². The van der Waals surface area contributed by atoms with Crippen LogP contribution in [0.2, 0.25) is 0 Å². The number of carboxylic acid groups (broad SMARTS) is 1. The number of nitrogens with one attached hydrogen (secondary N) is 1. The Morgan fingerprint density at radius 2 is 1.62 bits per heavy atom. The maximum Gasteiger partial charge on any atom is 0.326 e. The molecule has 0 radical (unpaired) electrons. The third-order valence-electron chi connectivity index (χ3n) is 6.07. The van der Waals surface area contributed by atoms with Crippen molar-refractivity contribution < 1.29 is 24.3 Å². The van der Waals surface area contributed by atoms with Crippen molar-refractivity contribution in [2.75, 3.05) is 18.8 Å². The number of rotatable bonds is 8. The number of carboxylic acids is 1. The van der Waals surface area contributed by atoms with Crippen LogP contribution < -0.4 is 11.1 Å². The minimum Gasteiger partial charge on any atom is -0.480 e. The molecule has 9 nitrogen and oxygen atoms in total. The molecule has 2 aliphatic heterocycles. The second-order valence-electron chi connectivity index (χ2n) is 8.26. The van der Waals surface area contributed by atoms with Gasteiger partial charge in [0.2, 0.25) is 17.7 Å². The minimum atomic E-state index is -1.05. The molecule has 0 saturated carbocycles. The van der Waals surface area contributed by atoms with Gasteiger partial charge in [-0.1, -0.05) is 30.3 Å². The van der Waals surface area contributed by atoms with Crippen molar-refractivity contribution in [3.8, 4) is 0 Å². The second kappa shape index (κ2) is 10.8. The third-order valence-corrected chi connectivity index (χ3v) is 6.46. The van der Waals surface area contributed by atoms with Gasteiger partial charge in [-0.05, 0) is 31.2 Å². The van der Waals surface area contributed by atoms with Crippen LogP contribution >= 0.6 is 12.6 Å². The number of hydrogen-bond donors (Lipinski definition) is 4. The number of nitrogens with zero attached hydrogens (tertiary/aromatic N) is 2. The average molecular weight is 463 g/mol. The highest BCUT2D eigenvalue weighted by atomic mass is 32.1. The minimum absolute atomic E-state index is 0.171. The van der Waals surface area contributed by atoms with Gasteiger partial charge >= 0.3 is 5.97 Å². The van der Waals surface area contributed by atoms with E-state index < -0.39 is 42.0 Å². The van der Waals surface area contributed by atoms with Crippen LogP contribution in [0, 0.1) is 0 Å². The smallest absolute Gasteiger partial charge is 0.326 e. The van der Waals surface area contributed by atoms with Crippen LogP contribution in [-0.2, 0) is 25.6 Å². The molecular weight excluding hydrogens is 432 g/mol. The van der Waals surface area contributed by atoms with E-state index in [2.05, 4.69) is 17.9 Å². The highest BCUT2D eigenvalue weighted by molar-refractivity contribution is 7.80. The van der Waals surface area contributed by atoms with E-state index in [1.165, 1.54) is 9.80 Å². The van der Waals surface area contributed by atoms with Crippen LogP contribution in [0.1, 0.15) is 31.2 Å². The lowest BCUT2D eigenvalue weighted by Gasteiger charge is -2.30. The van der Waals surface area contributed by atoms with E-state index in [0.717, 1.165) is 5.56 Å². The molecule has 4 atom stereocenters. The average Bonchev–Trinajstić information content (AvgIpc) is 3.47. The van der Waals surface area contributed by atoms with Gasteiger partial charge in [-0.3, -0.25) is 14.4 Å². The second-order valence-corrected chi connectivity index (χ2v) is 8.62. The summed E-state index contributed by atoms with van der Waals surface area (Å²) in [7, 11) is 0. The Hall–Kier alpha value is -2.59. The molecule has 2 aliphatic rings. The number of thiol groups is 1. The van der Waals surface area contributed by atoms with E-state index in [1.807, 2.05) is 30.3 Å². The normalized spacial score (nSPS) is 22.4. The number of aliphatic carboxylic acids is 1. The van der Waals surface area contributed by atoms with Crippen molar-refractivity contribution in [1.29, 1.82) is 0 Å². The number of benzene rings is 1. The molecule has 174 valence electrons. The van der Waals surface area contributed by atoms with Crippen LogP contribution in [0.4, 0.5) is 0 Å². The molecule has 0 aliphatic carbocycles. The van der Waals surface area contributed by atoms with Gasteiger partial charge in [0, 0.05) is 25.3 Å². The van der Waals surface area contributed by atoms with Crippen molar-refractivity contribution in [3.05, 3.63) is 35.9 Å². The maximum absolute atomic E-state index is 13.3. The number of amides is 3. The number of carbonyl (C=O) groups excluding carboxylic acids is 3. The monoisotopic (exact) mass is 462 g/mol. The Bertz CT molecular complexity index is 852. The SMILES string of the molecule is NC(CS)C(=O)N1CCCC1C(=O)NC(Cc1ccccc1)C(=O)N1CCCC1C(=O)O. The van der Waals surface area contributed by atoms with E-state index in [-0.39, 0.29) is 18.1 Å². The van der Waals surface area contributed by atoms with E-state index in [1.54, 1.807) is 0 Å². The van der Waals surface area contributed by atoms with Gasteiger partial charge in [-0.15, -0.1) is 0 Å². The highest BCUT2D eigenvalue weighted by Gasteiger charge is 2.40. The zero-order chi connectivity index (χ0) is 23.3. The van der Waals surface area contributed by atoms with Gasteiger partial charge in [-0.2, -0.15) is 12.6 Å². The summed E-state index contributed by atoms with van der Waals surface area (Å²) in [5.74, 6) is -2.06. The van der Waals surface area contributed by atoms with Crippen molar-refractivity contribution >= 4 is 36.3 Å². The largest absolute Gasteiger partial charge is 0.480 e. The number of likely N-dealkylation sites (tertiary alicyclic amines) is 2. The summed E-state index contributed by atoms with van der Waals surface area (Å²) in [5.41, 5.74) is 6.66. The molecule has 1 aromatic carbocycles. The predicted octanol–water partition coefficient (Wildman–Crippen LogP) is 0.0376. The first kappa shape index (κ1) is 24.1. The number of carbonyl (C=O) groups is 4. The summed E-state index contributed by atoms with van der Waals surface area (Å²) in [6.07, 6.45) is 2.35. The van der Waals surface area contributed by atoms with Gasteiger partial charge in [0.1, 0.15) is 18.1 Å². The van der Waals surface area contributed by atoms with E-state index in [4.69, 9.17) is 5.73 Å². The van der Waals surface area contributed by atoms with Gasteiger partial charge in [0.05, 0.1) is 6.04 Å². The molecule has 2 fully saturated rings. The van der Waals surface area contributed by atoms with Gasteiger partial charge in [0.25, 0.3) is 0 Å². The number of nitrogens with two attached hydrogens (primary N) is 1. The molecule has 10 heteroatoms. The Labute approximate surface area is 192 Å². The third kappa shape index (κ3) is 5.42. The highest BCUT2D eigenvalue weighted by Crippen LogP contribution is 2.22. The van der Waals surface area contributed by atoms with Gasteiger partial charge in [-0.25, -0.2) is 4.79 Å². The summed E-state index contributed by atoms with van der Waals surface area (Å²) in [5, 5.41) is 12.3. The fourth-order valence-corrected chi connectivity index (χ4v) is 4.56. The van der Waals surface area contributed by atoms with Gasteiger partial charge < -0.3 is 26.0 Å². The molecule has 4 N–H and O–H groups in total. The topological polar surface area (TPSA) is 133 Å². The molecule has 0 bridgehead atoms. The summed E-state index contributed by atoms with van der Waals surface area (Å²) in [6, 6.07) is 5.89. The molecule has 0 aromatic heterocycles. The molecule has 32 heavy (non-hydrogen) atoms. The van der Waals surface area contributed by atoms with E-state index in [0.29, 0.717) is 38.8 Å². The molecule has 3 amide bonds. The molecule has 2 saturated heterocycles. The van der Waals surface area contributed by atoms with E-state index in [9.17, 15) is 24.3 Å². The fourth-order valence-electron chi connectivity index (χ4n) is 4.40. The molecular formula is C22H30N4O5S. The zero-order valence-electron chi connectivity index (χ0n) is 17.9. The molecule has 1 aromatic rings. The first-order chi connectivity index (χ1) is 15.3. The van der Waals surface area contributed by atoms with Crippen molar-refractivity contribution in [3.63, 3.8) is 0 Å². The lowest BCUT2D eigenvalue weighted by atomic mass is 10.0. The van der Waals surface area contributed by atoms with Crippen molar-refractivity contribution in [2.24, 2.45) is 5.73 Å². The maximum atomic E-state index is 13.3. The Kier molecular flexibility index (Phi) is 8.14. The molecule has 3 rings (SSSR count). The van der Waals surface area contributed by atoms with Crippen LogP contribution in [0.3, 0.4) is 0 Å². The zero-order valence-corrected chi connectivity index (χ0v) is 18.7. The Morgan fingerprint density at radius 1 is 1.03 bits per heavy atom. The summed E-state index contributed by atoms with van der Waals surface area (Å²) >= 11 is 4.07. The standard InChI is InChI=1S/C22H30N4O5S/c23-15(13-32)20(28)25-10-4-8-17(25)19(27)24-16(12-14-6-2-1-3-7-14)21(29)26-11-5-9-18(26)22(30)31/h1-3,6-7,15-18,32H,4-5,8-13,23H2,(H,24,27)(H,30,31). The molecule has 0 spiro atoms. The quantitative estimate of drug-likeness (QED) is 0.403. The fraction of sp³-hybridized carbons (Fsp3) is 0.545. The summed E-state index contributed by atoms with van der Waals surface area (Å²) in [6.45, 7) is 0.755. The van der Waals surface area contributed by atoms with Gasteiger partial charge in [0.15, 0.2) is 0 Å². The lowest BCUT2D eigenvalue weighted by molar-refractivity contribution is -0.149. The molecule has 2 heterocycles. The first-order valence-electron chi connectivity index (χ1n) is 10.9. The first-order valence-corrected chi connectivity index (χ1v) is 11.5. The number of hydrogen-bond acceptors (Lipinski definition) is 6. The molecule has 4 unspecified atom stereocenters. The van der Waals surface area contributed by atoms with Crippen LogP contribution in [0.5, 0.6) is 0 Å². The Morgan fingerprint density at radius 3 is 2.22 bits per heavy atom. The summed E-state index contributed by atoms with van der Waals surface area (Å²) in [4.78, 5) is 53.4. The summed E-state index contributed by atoms with van der Waals surface area (Å²) < 4.78 is 0. The van der Waals surface area contributed by atoms with Crippen molar-refractivity contribution in [1.82, 2.24) is 15.1 Å². The predicted molar refractivity (Wildman–Crippen MR) is 121 cm³/mol. The van der Waals surface area contributed by atoms with Crippen LogP contribution in [0.25, 0.3) is 0 Å². The van der Waals surface area contributed by atoms with Crippen LogP contribution in [0.15, 0.2) is 30.3 Å². The van der Waals surface area contributed by atoms with Crippen LogP contribution in [-0.4, -0.2) is 81.6 Å². The lowest BCUT2D eigenvalue weighted by Crippen LogP contribution is -2.57. The van der Waals surface area contributed by atoms with Crippen molar-refractivity contribution in [2.45, 2.75) is 56.3 Å².